The van der Waals surface area contributed by atoms with Gasteiger partial charge in [0.05, 0.1) is 23.5 Å². The van der Waals surface area contributed by atoms with Gasteiger partial charge in [-0.1, -0.05) is 23.7 Å². The Labute approximate surface area is 161 Å². The number of anilines is 2. The number of fused-ring (bicyclic) bond motifs is 1. The number of ether oxygens (including phenoxy) is 2. The standard InChI is InChI=1S/C20H19ClN2O2S/c1-20(2)10-13-8-12(9-17(24-3)18(13)25-20)16-11-26-19(23-16)22-15-7-5-4-6-14(15)21/h4-9,11H,10H2,1-3H3,(H,22,23). The van der Waals surface area contributed by atoms with Crippen molar-refractivity contribution in [2.75, 3.05) is 12.4 Å². The molecule has 0 fully saturated rings. The zero-order chi connectivity index (χ0) is 18.3. The van der Waals surface area contributed by atoms with Gasteiger partial charge in [0.25, 0.3) is 0 Å². The quantitative estimate of drug-likeness (QED) is 0.603. The molecule has 2 aromatic carbocycles. The number of hydrogen-bond donors (Lipinski definition) is 1. The highest BCUT2D eigenvalue weighted by molar-refractivity contribution is 7.14. The molecule has 134 valence electrons. The van der Waals surface area contributed by atoms with E-state index in [0.717, 1.165) is 45.6 Å². The predicted molar refractivity (Wildman–Crippen MR) is 107 cm³/mol. The molecule has 1 aliphatic heterocycles. The van der Waals surface area contributed by atoms with E-state index < -0.39 is 0 Å². The number of methoxy groups -OCH3 is 1. The monoisotopic (exact) mass is 386 g/mol. The maximum Gasteiger partial charge on any atom is 0.187 e. The van der Waals surface area contributed by atoms with E-state index in [9.17, 15) is 0 Å². The van der Waals surface area contributed by atoms with Crippen LogP contribution >= 0.6 is 22.9 Å². The molecule has 2 heterocycles. The fraction of sp³-hybridized carbons (Fsp3) is 0.250. The van der Waals surface area contributed by atoms with Crippen molar-refractivity contribution in [3.8, 4) is 22.8 Å². The molecule has 1 N–H and O–H groups in total. The number of para-hydroxylation sites is 1. The van der Waals surface area contributed by atoms with Crippen LogP contribution in [0.15, 0.2) is 41.8 Å². The first kappa shape index (κ1) is 17.2. The van der Waals surface area contributed by atoms with E-state index in [4.69, 9.17) is 26.1 Å². The highest BCUT2D eigenvalue weighted by Gasteiger charge is 2.33. The van der Waals surface area contributed by atoms with E-state index in [1.807, 2.05) is 35.7 Å². The number of rotatable bonds is 4. The Kier molecular flexibility index (Phi) is 4.29. The summed E-state index contributed by atoms with van der Waals surface area (Å²) in [6.07, 6.45) is 0.849. The molecule has 0 atom stereocenters. The molecule has 0 amide bonds. The smallest absolute Gasteiger partial charge is 0.187 e. The minimum absolute atomic E-state index is 0.215. The zero-order valence-corrected chi connectivity index (χ0v) is 16.4. The topological polar surface area (TPSA) is 43.4 Å². The summed E-state index contributed by atoms with van der Waals surface area (Å²) >= 11 is 7.75. The number of thiazole rings is 1. The van der Waals surface area contributed by atoms with Crippen molar-refractivity contribution in [3.05, 3.63) is 52.4 Å². The third-order valence-electron chi connectivity index (χ3n) is 4.26. The van der Waals surface area contributed by atoms with Gasteiger partial charge in [-0.3, -0.25) is 0 Å². The summed E-state index contributed by atoms with van der Waals surface area (Å²) in [7, 11) is 1.67. The third kappa shape index (κ3) is 3.24. The molecule has 0 radical (unpaired) electrons. The fourth-order valence-electron chi connectivity index (χ4n) is 3.12. The minimum Gasteiger partial charge on any atom is -0.493 e. The summed E-state index contributed by atoms with van der Waals surface area (Å²) in [5.74, 6) is 1.59. The van der Waals surface area contributed by atoms with Crippen molar-refractivity contribution in [3.63, 3.8) is 0 Å². The summed E-state index contributed by atoms with van der Waals surface area (Å²) in [6, 6.07) is 11.7. The van der Waals surface area contributed by atoms with Gasteiger partial charge in [0.15, 0.2) is 16.6 Å². The van der Waals surface area contributed by atoms with Gasteiger partial charge in [0.2, 0.25) is 0 Å². The van der Waals surface area contributed by atoms with E-state index in [1.54, 1.807) is 18.4 Å². The van der Waals surface area contributed by atoms with Gasteiger partial charge in [-0.05, 0) is 38.1 Å². The Balaban J connectivity index is 1.65. The molecule has 0 unspecified atom stereocenters. The normalized spacial score (nSPS) is 14.6. The molecule has 3 aromatic rings. The van der Waals surface area contributed by atoms with E-state index in [0.29, 0.717) is 5.02 Å². The molecular formula is C20H19ClN2O2S. The van der Waals surface area contributed by atoms with Gasteiger partial charge in [0, 0.05) is 22.9 Å². The second-order valence-electron chi connectivity index (χ2n) is 6.85. The highest BCUT2D eigenvalue weighted by Crippen LogP contribution is 2.44. The number of nitrogens with zero attached hydrogens (tertiary/aromatic N) is 1. The van der Waals surface area contributed by atoms with E-state index >= 15 is 0 Å². The van der Waals surface area contributed by atoms with Crippen LogP contribution in [0.2, 0.25) is 5.02 Å². The molecular weight excluding hydrogens is 368 g/mol. The summed E-state index contributed by atoms with van der Waals surface area (Å²) in [4.78, 5) is 4.71. The van der Waals surface area contributed by atoms with Crippen molar-refractivity contribution in [1.29, 1.82) is 0 Å². The number of halogens is 1. The number of benzene rings is 2. The number of hydrogen-bond acceptors (Lipinski definition) is 5. The van der Waals surface area contributed by atoms with Gasteiger partial charge in [-0.2, -0.15) is 0 Å². The first-order valence-corrected chi connectivity index (χ1v) is 9.58. The van der Waals surface area contributed by atoms with Crippen molar-refractivity contribution in [1.82, 2.24) is 4.98 Å². The van der Waals surface area contributed by atoms with Crippen LogP contribution in [-0.4, -0.2) is 17.7 Å². The van der Waals surface area contributed by atoms with E-state index in [-0.39, 0.29) is 5.60 Å². The average molecular weight is 387 g/mol. The molecule has 6 heteroatoms. The molecule has 0 bridgehead atoms. The van der Waals surface area contributed by atoms with Crippen LogP contribution in [-0.2, 0) is 6.42 Å². The number of nitrogens with one attached hydrogen (secondary N) is 1. The molecule has 0 saturated heterocycles. The predicted octanol–water partition coefficient (Wildman–Crippen LogP) is 5.93. The molecule has 0 aliphatic carbocycles. The van der Waals surface area contributed by atoms with Gasteiger partial charge in [-0.15, -0.1) is 11.3 Å². The lowest BCUT2D eigenvalue weighted by atomic mass is 9.99. The van der Waals surface area contributed by atoms with Crippen LogP contribution in [0.25, 0.3) is 11.3 Å². The van der Waals surface area contributed by atoms with Gasteiger partial charge in [-0.25, -0.2) is 4.98 Å². The maximum absolute atomic E-state index is 6.21. The Bertz CT molecular complexity index is 968. The van der Waals surface area contributed by atoms with Crippen LogP contribution in [0, 0.1) is 0 Å². The molecule has 1 aromatic heterocycles. The van der Waals surface area contributed by atoms with Gasteiger partial charge < -0.3 is 14.8 Å². The average Bonchev–Trinajstić information content (AvgIpc) is 3.18. The lowest BCUT2D eigenvalue weighted by molar-refractivity contribution is 0.134. The van der Waals surface area contributed by atoms with Crippen molar-refractivity contribution in [2.45, 2.75) is 25.9 Å². The van der Waals surface area contributed by atoms with E-state index in [2.05, 4.69) is 25.2 Å². The fourth-order valence-corrected chi connectivity index (χ4v) is 4.03. The maximum atomic E-state index is 6.21. The molecule has 4 nitrogen and oxygen atoms in total. The molecule has 0 spiro atoms. The summed E-state index contributed by atoms with van der Waals surface area (Å²) < 4.78 is 11.6. The summed E-state index contributed by atoms with van der Waals surface area (Å²) in [6.45, 7) is 4.17. The summed E-state index contributed by atoms with van der Waals surface area (Å²) in [5.41, 5.74) is 3.70. The third-order valence-corrected chi connectivity index (χ3v) is 5.35. The Morgan fingerprint density at radius 2 is 2.08 bits per heavy atom. The van der Waals surface area contributed by atoms with Crippen LogP contribution in [0.5, 0.6) is 11.5 Å². The second kappa shape index (κ2) is 6.49. The van der Waals surface area contributed by atoms with Crippen LogP contribution < -0.4 is 14.8 Å². The lowest BCUT2D eigenvalue weighted by Gasteiger charge is -2.17. The molecule has 26 heavy (non-hydrogen) atoms. The van der Waals surface area contributed by atoms with Crippen molar-refractivity contribution >= 4 is 33.8 Å². The summed E-state index contributed by atoms with van der Waals surface area (Å²) in [5, 5.41) is 6.77. The zero-order valence-electron chi connectivity index (χ0n) is 14.8. The largest absolute Gasteiger partial charge is 0.493 e. The highest BCUT2D eigenvalue weighted by atomic mass is 35.5. The molecule has 1 aliphatic rings. The lowest BCUT2D eigenvalue weighted by Crippen LogP contribution is -2.24. The Hall–Kier alpha value is -2.24. The first-order valence-electron chi connectivity index (χ1n) is 8.32. The Morgan fingerprint density at radius 1 is 1.27 bits per heavy atom. The van der Waals surface area contributed by atoms with Crippen LogP contribution in [0.3, 0.4) is 0 Å². The van der Waals surface area contributed by atoms with Crippen molar-refractivity contribution < 1.29 is 9.47 Å². The SMILES string of the molecule is COc1cc(-c2csc(Nc3ccccc3Cl)n2)cc2c1OC(C)(C)C2. The molecule has 0 saturated carbocycles. The van der Waals surface area contributed by atoms with Crippen LogP contribution in [0.4, 0.5) is 10.8 Å². The van der Waals surface area contributed by atoms with Gasteiger partial charge >= 0.3 is 0 Å². The van der Waals surface area contributed by atoms with Crippen molar-refractivity contribution in [2.24, 2.45) is 0 Å². The minimum atomic E-state index is -0.215. The van der Waals surface area contributed by atoms with Crippen LogP contribution in [0.1, 0.15) is 19.4 Å². The second-order valence-corrected chi connectivity index (χ2v) is 8.11. The molecule has 4 rings (SSSR count). The number of aromatic nitrogens is 1. The first-order chi connectivity index (χ1) is 12.4. The Morgan fingerprint density at radius 3 is 2.85 bits per heavy atom. The van der Waals surface area contributed by atoms with Gasteiger partial charge in [0.1, 0.15) is 5.60 Å². The van der Waals surface area contributed by atoms with E-state index in [1.165, 1.54) is 0 Å².